The summed E-state index contributed by atoms with van der Waals surface area (Å²) < 4.78 is 5.00. The molecule has 0 aliphatic carbocycles. The second-order valence-electron chi connectivity index (χ2n) is 5.28. The highest BCUT2D eigenvalue weighted by Crippen LogP contribution is 2.33. The van der Waals surface area contributed by atoms with E-state index in [1.54, 1.807) is 6.07 Å². The van der Waals surface area contributed by atoms with E-state index in [0.717, 1.165) is 18.8 Å². The quantitative estimate of drug-likeness (QED) is 0.753. The van der Waals surface area contributed by atoms with E-state index in [2.05, 4.69) is 23.7 Å². The van der Waals surface area contributed by atoms with Gasteiger partial charge < -0.3 is 15.1 Å². The Hall–Kier alpha value is -1.91. The van der Waals surface area contributed by atoms with Crippen molar-refractivity contribution < 1.29 is 4.42 Å². The minimum Gasteiger partial charge on any atom is -0.408 e. The lowest BCUT2D eigenvalue weighted by Crippen LogP contribution is -2.20. The van der Waals surface area contributed by atoms with Crippen molar-refractivity contribution in [2.24, 2.45) is 11.8 Å². The molecule has 0 radical (unpaired) electrons. The monoisotopic (exact) mass is 247 g/mol. The number of rotatable bonds is 1. The molecule has 18 heavy (non-hydrogen) atoms. The Bertz CT molecular complexity index is 633. The van der Waals surface area contributed by atoms with Gasteiger partial charge in [-0.15, -0.1) is 0 Å². The first-order valence-electron chi connectivity index (χ1n) is 6.22. The van der Waals surface area contributed by atoms with E-state index in [1.807, 2.05) is 6.07 Å². The molecule has 3 N–H and O–H groups in total. The fraction of sp³-hybridized carbons (Fsp3) is 0.462. The Kier molecular flexibility index (Phi) is 2.36. The fourth-order valence-corrected chi connectivity index (χ4v) is 2.60. The zero-order valence-electron chi connectivity index (χ0n) is 10.6. The van der Waals surface area contributed by atoms with Crippen LogP contribution in [0.2, 0.25) is 0 Å². The second-order valence-corrected chi connectivity index (χ2v) is 5.28. The molecule has 5 heteroatoms. The topological polar surface area (TPSA) is 75.3 Å². The number of anilines is 2. The molecule has 0 spiro atoms. The van der Waals surface area contributed by atoms with Gasteiger partial charge in [-0.2, -0.15) is 0 Å². The summed E-state index contributed by atoms with van der Waals surface area (Å²) >= 11 is 0. The smallest absolute Gasteiger partial charge is 0.408 e. The zero-order chi connectivity index (χ0) is 12.9. The highest BCUT2D eigenvalue weighted by molar-refractivity contribution is 5.85. The van der Waals surface area contributed by atoms with Crippen LogP contribution >= 0.6 is 0 Å². The van der Waals surface area contributed by atoms with Crippen molar-refractivity contribution in [3.05, 3.63) is 22.7 Å². The SMILES string of the molecule is CC1CN(c2cc3[nH]c(=O)oc3cc2N)CC1C. The fourth-order valence-electron chi connectivity index (χ4n) is 2.60. The summed E-state index contributed by atoms with van der Waals surface area (Å²) in [5.41, 5.74) is 8.91. The van der Waals surface area contributed by atoms with Gasteiger partial charge in [-0.3, -0.25) is 4.98 Å². The van der Waals surface area contributed by atoms with Crippen LogP contribution in [0.15, 0.2) is 21.3 Å². The highest BCUT2D eigenvalue weighted by Gasteiger charge is 2.27. The lowest BCUT2D eigenvalue weighted by molar-refractivity contribution is 0.494. The van der Waals surface area contributed by atoms with Crippen LogP contribution in [0, 0.1) is 11.8 Å². The maximum absolute atomic E-state index is 11.2. The summed E-state index contributed by atoms with van der Waals surface area (Å²) in [4.78, 5) is 16.1. The number of oxazole rings is 1. The van der Waals surface area contributed by atoms with E-state index in [4.69, 9.17) is 10.2 Å². The Morgan fingerprint density at radius 2 is 2.00 bits per heavy atom. The molecule has 2 unspecified atom stereocenters. The van der Waals surface area contributed by atoms with Crippen LogP contribution in [0.4, 0.5) is 11.4 Å². The maximum atomic E-state index is 11.2. The molecule has 0 bridgehead atoms. The Labute approximate surface area is 105 Å². The molecule has 1 aliphatic heterocycles. The van der Waals surface area contributed by atoms with Gasteiger partial charge in [-0.1, -0.05) is 13.8 Å². The van der Waals surface area contributed by atoms with Crippen LogP contribution in [-0.4, -0.2) is 18.1 Å². The van der Waals surface area contributed by atoms with E-state index in [9.17, 15) is 4.79 Å². The molecule has 0 saturated carbocycles. The minimum absolute atomic E-state index is 0.440. The minimum atomic E-state index is -0.440. The predicted octanol–water partition coefficient (Wildman–Crippen LogP) is 1.80. The number of benzene rings is 1. The van der Waals surface area contributed by atoms with Gasteiger partial charge in [0.15, 0.2) is 5.58 Å². The van der Waals surface area contributed by atoms with E-state index in [-0.39, 0.29) is 0 Å². The van der Waals surface area contributed by atoms with Gasteiger partial charge in [0.1, 0.15) is 0 Å². The van der Waals surface area contributed by atoms with Gasteiger partial charge in [-0.25, -0.2) is 4.79 Å². The largest absolute Gasteiger partial charge is 0.417 e. The standard InChI is InChI=1S/C13H17N3O2/c1-7-5-16(6-8(7)2)11-4-10-12(3-9(11)14)18-13(17)15-10/h3-4,7-8H,5-6,14H2,1-2H3,(H,15,17). The molecular formula is C13H17N3O2. The normalized spacial score (nSPS) is 24.0. The number of aromatic nitrogens is 1. The molecule has 2 aromatic rings. The lowest BCUT2D eigenvalue weighted by atomic mass is 10.0. The molecule has 96 valence electrons. The summed E-state index contributed by atoms with van der Waals surface area (Å²) in [6, 6.07) is 3.62. The highest BCUT2D eigenvalue weighted by atomic mass is 16.4. The van der Waals surface area contributed by atoms with Crippen molar-refractivity contribution in [3.8, 4) is 0 Å². The number of nitrogens with one attached hydrogen (secondary N) is 1. The molecule has 5 nitrogen and oxygen atoms in total. The van der Waals surface area contributed by atoms with Gasteiger partial charge in [0.2, 0.25) is 0 Å². The van der Waals surface area contributed by atoms with Crippen molar-refractivity contribution >= 4 is 22.5 Å². The van der Waals surface area contributed by atoms with E-state index in [1.165, 1.54) is 0 Å². The van der Waals surface area contributed by atoms with Gasteiger partial charge in [-0.05, 0) is 17.9 Å². The van der Waals surface area contributed by atoms with E-state index in [0.29, 0.717) is 28.6 Å². The second kappa shape index (κ2) is 3.80. The summed E-state index contributed by atoms with van der Waals surface area (Å²) in [5.74, 6) is 0.872. The Morgan fingerprint density at radius 3 is 2.67 bits per heavy atom. The molecule has 0 amide bonds. The van der Waals surface area contributed by atoms with Crippen LogP contribution in [0.1, 0.15) is 13.8 Å². The van der Waals surface area contributed by atoms with Crippen LogP contribution < -0.4 is 16.4 Å². The molecule has 1 fully saturated rings. The number of hydrogen-bond donors (Lipinski definition) is 2. The molecule has 1 aliphatic rings. The van der Waals surface area contributed by atoms with Crippen molar-refractivity contribution in [1.82, 2.24) is 4.98 Å². The van der Waals surface area contributed by atoms with Crippen LogP contribution in [0.25, 0.3) is 11.1 Å². The van der Waals surface area contributed by atoms with E-state index < -0.39 is 5.76 Å². The van der Waals surface area contributed by atoms with Crippen molar-refractivity contribution in [1.29, 1.82) is 0 Å². The molecule has 2 heterocycles. The number of aromatic amines is 1. The molecule has 1 aromatic heterocycles. The first kappa shape index (κ1) is 11.2. The molecule has 2 atom stereocenters. The molecule has 1 saturated heterocycles. The van der Waals surface area contributed by atoms with Crippen molar-refractivity contribution in [2.75, 3.05) is 23.7 Å². The lowest BCUT2D eigenvalue weighted by Gasteiger charge is -2.20. The number of H-pyrrole nitrogens is 1. The van der Waals surface area contributed by atoms with Crippen molar-refractivity contribution in [3.63, 3.8) is 0 Å². The number of nitrogens with zero attached hydrogens (tertiary/aromatic N) is 1. The average molecular weight is 247 g/mol. The number of nitrogen functional groups attached to an aromatic ring is 1. The van der Waals surface area contributed by atoms with E-state index >= 15 is 0 Å². The van der Waals surface area contributed by atoms with Crippen LogP contribution in [0.5, 0.6) is 0 Å². The van der Waals surface area contributed by atoms with Gasteiger partial charge in [0.25, 0.3) is 0 Å². The molecular weight excluding hydrogens is 230 g/mol. The van der Waals surface area contributed by atoms with Crippen LogP contribution in [-0.2, 0) is 0 Å². The van der Waals surface area contributed by atoms with Crippen molar-refractivity contribution in [2.45, 2.75) is 13.8 Å². The Balaban J connectivity index is 2.06. The Morgan fingerprint density at radius 1 is 1.33 bits per heavy atom. The van der Waals surface area contributed by atoms with Gasteiger partial charge in [0, 0.05) is 19.2 Å². The number of nitrogens with two attached hydrogens (primary N) is 1. The zero-order valence-corrected chi connectivity index (χ0v) is 10.6. The summed E-state index contributed by atoms with van der Waals surface area (Å²) in [6.07, 6.45) is 0. The first-order chi connectivity index (χ1) is 8.54. The average Bonchev–Trinajstić information content (AvgIpc) is 2.80. The van der Waals surface area contributed by atoms with Crippen LogP contribution in [0.3, 0.4) is 0 Å². The molecule has 1 aromatic carbocycles. The number of fused-ring (bicyclic) bond motifs is 1. The number of hydrogen-bond acceptors (Lipinski definition) is 4. The summed E-state index contributed by atoms with van der Waals surface area (Å²) in [5, 5.41) is 0. The predicted molar refractivity (Wildman–Crippen MR) is 71.8 cm³/mol. The third kappa shape index (κ3) is 1.66. The van der Waals surface area contributed by atoms with Gasteiger partial charge >= 0.3 is 5.76 Å². The molecule has 3 rings (SSSR count). The summed E-state index contributed by atoms with van der Waals surface area (Å²) in [7, 11) is 0. The third-order valence-corrected chi connectivity index (χ3v) is 3.90. The maximum Gasteiger partial charge on any atom is 0.417 e. The third-order valence-electron chi connectivity index (χ3n) is 3.90. The first-order valence-corrected chi connectivity index (χ1v) is 6.22. The summed E-state index contributed by atoms with van der Waals surface area (Å²) in [6.45, 7) is 6.50. The van der Waals surface area contributed by atoms with Gasteiger partial charge in [0.05, 0.1) is 16.9 Å².